The van der Waals surface area contributed by atoms with Crippen molar-refractivity contribution in [2.75, 3.05) is 13.7 Å². The van der Waals surface area contributed by atoms with E-state index in [0.717, 1.165) is 16.7 Å². The van der Waals surface area contributed by atoms with E-state index in [9.17, 15) is 5.11 Å². The molecule has 15 heavy (non-hydrogen) atoms. The van der Waals surface area contributed by atoms with E-state index in [1.54, 1.807) is 7.11 Å². The van der Waals surface area contributed by atoms with Gasteiger partial charge in [0.15, 0.2) is 11.5 Å². The zero-order valence-corrected chi connectivity index (χ0v) is 9.50. The maximum atomic E-state index is 9.91. The number of phenols is 1. The van der Waals surface area contributed by atoms with Crippen molar-refractivity contribution in [3.05, 3.63) is 22.8 Å². The van der Waals surface area contributed by atoms with Crippen molar-refractivity contribution in [2.45, 2.75) is 26.7 Å². The Labute approximate surface area is 90.3 Å². The lowest BCUT2D eigenvalue weighted by Crippen LogP contribution is -1.97. The molecule has 1 aromatic rings. The molecule has 0 aliphatic carbocycles. The van der Waals surface area contributed by atoms with Crippen molar-refractivity contribution in [3.8, 4) is 11.5 Å². The maximum absolute atomic E-state index is 9.91. The van der Waals surface area contributed by atoms with Crippen LogP contribution >= 0.6 is 0 Å². The van der Waals surface area contributed by atoms with Gasteiger partial charge in [0.25, 0.3) is 0 Å². The lowest BCUT2D eigenvalue weighted by molar-refractivity contribution is 0.287. The molecule has 0 saturated carbocycles. The fourth-order valence-corrected chi connectivity index (χ4v) is 1.65. The number of aromatic hydroxyl groups is 1. The van der Waals surface area contributed by atoms with Crippen LogP contribution in [0.1, 0.15) is 23.1 Å². The predicted octanol–water partition coefficient (Wildman–Crippen LogP) is 1.94. The number of hydrogen-bond donors (Lipinski definition) is 2. The summed E-state index contributed by atoms with van der Waals surface area (Å²) in [7, 11) is 1.55. The number of aliphatic hydroxyl groups excluding tert-OH is 1. The standard InChI is InChI=1S/C12H18O3/c1-8-7-10(5-4-6-13)11(14)12(15-3)9(8)2/h7,13-14H,4-6H2,1-3H3. The summed E-state index contributed by atoms with van der Waals surface area (Å²) in [4.78, 5) is 0. The molecule has 0 amide bonds. The summed E-state index contributed by atoms with van der Waals surface area (Å²) in [5.74, 6) is 0.747. The number of aryl methyl sites for hydroxylation is 2. The average molecular weight is 210 g/mol. The minimum atomic E-state index is 0.134. The van der Waals surface area contributed by atoms with Crippen LogP contribution in [0.15, 0.2) is 6.07 Å². The van der Waals surface area contributed by atoms with E-state index in [1.807, 2.05) is 19.9 Å². The molecule has 0 spiro atoms. The molecule has 3 heteroatoms. The van der Waals surface area contributed by atoms with E-state index in [2.05, 4.69) is 0 Å². The highest BCUT2D eigenvalue weighted by Gasteiger charge is 2.12. The van der Waals surface area contributed by atoms with E-state index in [0.29, 0.717) is 18.6 Å². The Bertz CT molecular complexity index is 345. The zero-order valence-electron chi connectivity index (χ0n) is 9.50. The lowest BCUT2D eigenvalue weighted by atomic mass is 10.0. The van der Waals surface area contributed by atoms with Crippen LogP contribution < -0.4 is 4.74 Å². The largest absolute Gasteiger partial charge is 0.504 e. The Kier molecular flexibility index (Phi) is 3.97. The van der Waals surface area contributed by atoms with Crippen LogP contribution in [0.2, 0.25) is 0 Å². The van der Waals surface area contributed by atoms with Crippen molar-refractivity contribution in [1.29, 1.82) is 0 Å². The summed E-state index contributed by atoms with van der Waals surface area (Å²) in [6, 6.07) is 1.95. The monoisotopic (exact) mass is 210 g/mol. The van der Waals surface area contributed by atoms with Gasteiger partial charge < -0.3 is 14.9 Å². The van der Waals surface area contributed by atoms with Gasteiger partial charge in [-0.05, 0) is 43.4 Å². The Morgan fingerprint density at radius 2 is 2.00 bits per heavy atom. The molecule has 0 aromatic heterocycles. The van der Waals surface area contributed by atoms with E-state index in [1.165, 1.54) is 0 Å². The number of aliphatic hydroxyl groups is 1. The molecule has 2 N–H and O–H groups in total. The molecule has 0 unspecified atom stereocenters. The van der Waals surface area contributed by atoms with E-state index in [4.69, 9.17) is 9.84 Å². The molecular formula is C12H18O3. The highest BCUT2D eigenvalue weighted by molar-refractivity contribution is 5.54. The summed E-state index contributed by atoms with van der Waals surface area (Å²) in [6.07, 6.45) is 1.32. The summed E-state index contributed by atoms with van der Waals surface area (Å²) >= 11 is 0. The van der Waals surface area contributed by atoms with Gasteiger partial charge in [-0.15, -0.1) is 0 Å². The van der Waals surface area contributed by atoms with Crippen molar-refractivity contribution >= 4 is 0 Å². The smallest absolute Gasteiger partial charge is 0.163 e. The van der Waals surface area contributed by atoms with Crippen LogP contribution in [0.3, 0.4) is 0 Å². The highest BCUT2D eigenvalue weighted by Crippen LogP contribution is 2.35. The second kappa shape index (κ2) is 5.03. The number of ether oxygens (including phenoxy) is 1. The Hall–Kier alpha value is -1.22. The number of benzene rings is 1. The van der Waals surface area contributed by atoms with Crippen molar-refractivity contribution in [2.24, 2.45) is 0 Å². The van der Waals surface area contributed by atoms with Gasteiger partial charge in [-0.1, -0.05) is 6.07 Å². The Balaban J connectivity index is 3.12. The Morgan fingerprint density at radius 3 is 2.53 bits per heavy atom. The van der Waals surface area contributed by atoms with Gasteiger partial charge in [-0.2, -0.15) is 0 Å². The summed E-state index contributed by atoms with van der Waals surface area (Å²) in [5.41, 5.74) is 2.89. The number of hydrogen-bond acceptors (Lipinski definition) is 3. The van der Waals surface area contributed by atoms with Crippen LogP contribution in [-0.4, -0.2) is 23.9 Å². The average Bonchev–Trinajstić information content (AvgIpc) is 2.22. The number of rotatable bonds is 4. The summed E-state index contributed by atoms with van der Waals surface area (Å²) < 4.78 is 5.16. The van der Waals surface area contributed by atoms with E-state index >= 15 is 0 Å². The molecule has 0 aliphatic heterocycles. The minimum absolute atomic E-state index is 0.134. The molecule has 0 saturated heterocycles. The molecule has 84 valence electrons. The molecule has 1 rings (SSSR count). The van der Waals surface area contributed by atoms with Crippen molar-refractivity contribution in [3.63, 3.8) is 0 Å². The second-order valence-corrected chi connectivity index (χ2v) is 3.69. The first-order chi connectivity index (χ1) is 7.11. The summed E-state index contributed by atoms with van der Waals surface area (Å²) in [6.45, 7) is 4.04. The molecule has 0 heterocycles. The van der Waals surface area contributed by atoms with Gasteiger partial charge in [-0.3, -0.25) is 0 Å². The van der Waals surface area contributed by atoms with Gasteiger partial charge in [-0.25, -0.2) is 0 Å². The molecule has 0 atom stereocenters. The second-order valence-electron chi connectivity index (χ2n) is 3.69. The first-order valence-electron chi connectivity index (χ1n) is 5.08. The zero-order chi connectivity index (χ0) is 11.4. The highest BCUT2D eigenvalue weighted by atomic mass is 16.5. The number of phenolic OH excluding ortho intramolecular Hbond substituents is 1. The third-order valence-electron chi connectivity index (χ3n) is 2.65. The Morgan fingerprint density at radius 1 is 1.33 bits per heavy atom. The fourth-order valence-electron chi connectivity index (χ4n) is 1.65. The van der Waals surface area contributed by atoms with Gasteiger partial charge in [0.05, 0.1) is 7.11 Å². The molecule has 0 radical (unpaired) electrons. The van der Waals surface area contributed by atoms with Crippen molar-refractivity contribution in [1.82, 2.24) is 0 Å². The molecule has 3 nitrogen and oxygen atoms in total. The van der Waals surface area contributed by atoms with Crippen LogP contribution in [0, 0.1) is 13.8 Å². The number of methoxy groups -OCH3 is 1. The minimum Gasteiger partial charge on any atom is -0.504 e. The van der Waals surface area contributed by atoms with Crippen molar-refractivity contribution < 1.29 is 14.9 Å². The fraction of sp³-hybridized carbons (Fsp3) is 0.500. The third kappa shape index (κ3) is 2.42. The first-order valence-corrected chi connectivity index (χ1v) is 5.08. The van der Waals surface area contributed by atoms with Crippen LogP contribution in [0.5, 0.6) is 11.5 Å². The van der Waals surface area contributed by atoms with Gasteiger partial charge in [0.1, 0.15) is 0 Å². The van der Waals surface area contributed by atoms with Gasteiger partial charge in [0, 0.05) is 6.61 Å². The quantitative estimate of drug-likeness (QED) is 0.798. The lowest BCUT2D eigenvalue weighted by Gasteiger charge is -2.13. The third-order valence-corrected chi connectivity index (χ3v) is 2.65. The maximum Gasteiger partial charge on any atom is 0.163 e. The normalized spacial score (nSPS) is 10.4. The molecule has 1 aromatic carbocycles. The molecule has 0 fully saturated rings. The van der Waals surface area contributed by atoms with Crippen LogP contribution in [-0.2, 0) is 6.42 Å². The van der Waals surface area contributed by atoms with E-state index < -0.39 is 0 Å². The van der Waals surface area contributed by atoms with Crippen LogP contribution in [0.4, 0.5) is 0 Å². The predicted molar refractivity (Wildman–Crippen MR) is 59.5 cm³/mol. The topological polar surface area (TPSA) is 49.7 Å². The van der Waals surface area contributed by atoms with Crippen LogP contribution in [0.25, 0.3) is 0 Å². The molecule has 0 bridgehead atoms. The van der Waals surface area contributed by atoms with E-state index in [-0.39, 0.29) is 12.4 Å². The SMILES string of the molecule is COc1c(C)c(C)cc(CCCO)c1O. The first kappa shape index (κ1) is 11.9. The summed E-state index contributed by atoms with van der Waals surface area (Å²) in [5, 5.41) is 18.7. The van der Waals surface area contributed by atoms with Gasteiger partial charge >= 0.3 is 0 Å². The van der Waals surface area contributed by atoms with Gasteiger partial charge in [0.2, 0.25) is 0 Å². The molecule has 0 aliphatic rings. The molecular weight excluding hydrogens is 192 g/mol.